The molecule has 0 saturated heterocycles. The average Bonchev–Trinajstić information content (AvgIpc) is 3.13. The van der Waals surface area contributed by atoms with Gasteiger partial charge in [-0.25, -0.2) is 0 Å². The molecule has 1 saturated carbocycles. The summed E-state index contributed by atoms with van der Waals surface area (Å²) in [6.07, 6.45) is 3.66. The van der Waals surface area contributed by atoms with E-state index in [-0.39, 0.29) is 30.1 Å². The highest BCUT2D eigenvalue weighted by Crippen LogP contribution is 2.32. The third-order valence-electron chi connectivity index (χ3n) is 3.77. The average molecular weight is 312 g/mol. The van der Waals surface area contributed by atoms with Gasteiger partial charge in [0.15, 0.2) is 0 Å². The molecule has 0 unspecified atom stereocenters. The van der Waals surface area contributed by atoms with E-state index in [0.29, 0.717) is 23.1 Å². The number of methoxy groups -OCH3 is 1. The zero-order valence-electron chi connectivity index (χ0n) is 12.0. The zero-order valence-corrected chi connectivity index (χ0v) is 12.8. The van der Waals surface area contributed by atoms with Gasteiger partial charge in [-0.3, -0.25) is 9.59 Å². The van der Waals surface area contributed by atoms with Gasteiger partial charge >= 0.3 is 5.97 Å². The molecule has 0 aliphatic heterocycles. The van der Waals surface area contributed by atoms with Gasteiger partial charge in [0.2, 0.25) is 11.0 Å². The van der Waals surface area contributed by atoms with Crippen molar-refractivity contribution in [3.63, 3.8) is 0 Å². The number of hydrogen-bond acceptors (Lipinski definition) is 7. The molecule has 0 aromatic carbocycles. The molecule has 7 nitrogen and oxygen atoms in total. The van der Waals surface area contributed by atoms with Gasteiger partial charge in [-0.1, -0.05) is 17.8 Å². The van der Waals surface area contributed by atoms with Gasteiger partial charge in [0.05, 0.1) is 13.5 Å². The third-order valence-corrected chi connectivity index (χ3v) is 4.66. The topological polar surface area (TPSA) is 107 Å². The van der Waals surface area contributed by atoms with E-state index in [2.05, 4.69) is 20.3 Å². The summed E-state index contributed by atoms with van der Waals surface area (Å²) in [4.78, 5) is 23.3. The number of ether oxygens (including phenoxy) is 1. The Hall–Kier alpha value is -1.54. The maximum Gasteiger partial charge on any atom is 0.305 e. The molecule has 1 aromatic rings. The van der Waals surface area contributed by atoms with E-state index in [4.69, 9.17) is 5.73 Å². The lowest BCUT2D eigenvalue weighted by atomic mass is 9.95. The van der Waals surface area contributed by atoms with E-state index >= 15 is 0 Å². The number of aryl methyl sites for hydroxylation is 1. The molecule has 8 heteroatoms. The molecule has 2 rings (SSSR count). The highest BCUT2D eigenvalue weighted by Gasteiger charge is 2.32. The van der Waals surface area contributed by atoms with Crippen molar-refractivity contribution in [2.24, 2.45) is 17.6 Å². The van der Waals surface area contributed by atoms with Crippen LogP contribution in [0.4, 0.5) is 5.13 Å². The lowest BCUT2D eigenvalue weighted by Crippen LogP contribution is -2.29. The summed E-state index contributed by atoms with van der Waals surface area (Å²) >= 11 is 1.29. The molecule has 2 atom stereocenters. The van der Waals surface area contributed by atoms with Crippen LogP contribution in [0.2, 0.25) is 0 Å². The molecule has 116 valence electrons. The second-order valence-electron chi connectivity index (χ2n) is 5.10. The van der Waals surface area contributed by atoms with Crippen LogP contribution in [0, 0.1) is 11.8 Å². The Morgan fingerprint density at radius 3 is 2.95 bits per heavy atom. The highest BCUT2D eigenvalue weighted by molar-refractivity contribution is 7.15. The summed E-state index contributed by atoms with van der Waals surface area (Å²) in [7, 11) is 1.35. The summed E-state index contributed by atoms with van der Waals surface area (Å²) < 4.78 is 4.57. The molecular formula is C13H20N4O3S. The molecule has 0 spiro atoms. The van der Waals surface area contributed by atoms with Gasteiger partial charge < -0.3 is 15.8 Å². The van der Waals surface area contributed by atoms with Crippen molar-refractivity contribution in [3.05, 3.63) is 5.01 Å². The van der Waals surface area contributed by atoms with Crippen molar-refractivity contribution >= 4 is 28.3 Å². The van der Waals surface area contributed by atoms with Gasteiger partial charge in [0.1, 0.15) is 5.01 Å². The van der Waals surface area contributed by atoms with Crippen LogP contribution in [0.5, 0.6) is 0 Å². The van der Waals surface area contributed by atoms with Crippen LogP contribution in [0.15, 0.2) is 0 Å². The van der Waals surface area contributed by atoms with Crippen molar-refractivity contribution in [1.82, 2.24) is 10.2 Å². The Morgan fingerprint density at radius 1 is 1.43 bits per heavy atom. The molecule has 1 heterocycles. The van der Waals surface area contributed by atoms with Gasteiger partial charge in [0, 0.05) is 12.3 Å². The number of nitrogens with zero attached hydrogens (tertiary/aromatic N) is 2. The number of carbonyl (C=O) groups is 2. The van der Waals surface area contributed by atoms with Crippen LogP contribution >= 0.6 is 11.3 Å². The van der Waals surface area contributed by atoms with Crippen LogP contribution in [0.1, 0.15) is 30.7 Å². The highest BCUT2D eigenvalue weighted by atomic mass is 32.1. The second-order valence-corrected chi connectivity index (χ2v) is 6.16. The third kappa shape index (κ3) is 4.21. The second kappa shape index (κ2) is 7.46. The van der Waals surface area contributed by atoms with Crippen molar-refractivity contribution in [3.8, 4) is 0 Å². The Kier molecular flexibility index (Phi) is 5.63. The standard InChI is InChI=1S/C13H20N4O3S/c1-20-11(18)6-5-10-16-17-13(21-10)15-12(19)9-4-2-3-8(9)7-14/h8-9H,2-7,14H2,1H3,(H,15,17,19)/t8-,9-/m1/s1. The van der Waals surface area contributed by atoms with Gasteiger partial charge in [-0.05, 0) is 25.3 Å². The fourth-order valence-corrected chi connectivity index (χ4v) is 3.32. The van der Waals surface area contributed by atoms with E-state index in [1.165, 1.54) is 18.4 Å². The number of esters is 1. The van der Waals surface area contributed by atoms with E-state index < -0.39 is 0 Å². The monoisotopic (exact) mass is 312 g/mol. The first-order chi connectivity index (χ1) is 10.1. The van der Waals surface area contributed by atoms with Crippen LogP contribution in [-0.2, 0) is 20.7 Å². The molecule has 1 aliphatic rings. The molecule has 1 aromatic heterocycles. The molecule has 0 bridgehead atoms. The molecule has 21 heavy (non-hydrogen) atoms. The molecule has 1 aliphatic carbocycles. The number of hydrogen-bond donors (Lipinski definition) is 2. The minimum Gasteiger partial charge on any atom is -0.469 e. The molecular weight excluding hydrogens is 292 g/mol. The number of carbonyl (C=O) groups excluding carboxylic acids is 2. The fraction of sp³-hybridized carbons (Fsp3) is 0.692. The SMILES string of the molecule is COC(=O)CCc1nnc(NC(=O)[C@@H]2CCC[C@@H]2CN)s1. The minimum absolute atomic E-state index is 0.0291. The van der Waals surface area contributed by atoms with E-state index in [1.54, 1.807) is 0 Å². The maximum absolute atomic E-state index is 12.2. The van der Waals surface area contributed by atoms with Crippen molar-refractivity contribution in [2.75, 3.05) is 19.0 Å². The van der Waals surface area contributed by atoms with Crippen LogP contribution in [0.25, 0.3) is 0 Å². The number of aromatic nitrogens is 2. The predicted molar refractivity (Wildman–Crippen MR) is 78.8 cm³/mol. The van der Waals surface area contributed by atoms with Crippen molar-refractivity contribution in [2.45, 2.75) is 32.1 Å². The zero-order chi connectivity index (χ0) is 15.2. The summed E-state index contributed by atoms with van der Waals surface area (Å²) in [6.45, 7) is 0.540. The molecule has 1 fully saturated rings. The Labute approximate surface area is 127 Å². The first-order valence-electron chi connectivity index (χ1n) is 7.04. The van der Waals surface area contributed by atoms with Crippen molar-refractivity contribution in [1.29, 1.82) is 0 Å². The lowest BCUT2D eigenvalue weighted by molar-refractivity contribution is -0.140. The number of amides is 1. The van der Waals surface area contributed by atoms with Gasteiger partial charge in [-0.15, -0.1) is 10.2 Å². The van der Waals surface area contributed by atoms with Gasteiger partial charge in [0.25, 0.3) is 0 Å². The summed E-state index contributed by atoms with van der Waals surface area (Å²) in [6, 6.07) is 0. The lowest BCUT2D eigenvalue weighted by Gasteiger charge is -2.15. The van der Waals surface area contributed by atoms with Crippen molar-refractivity contribution < 1.29 is 14.3 Å². The predicted octanol–water partition coefficient (Wildman–Crippen LogP) is 0.957. The van der Waals surface area contributed by atoms with E-state index in [0.717, 1.165) is 19.3 Å². The molecule has 0 radical (unpaired) electrons. The maximum atomic E-state index is 12.2. The van der Waals surface area contributed by atoms with Gasteiger partial charge in [-0.2, -0.15) is 0 Å². The van der Waals surface area contributed by atoms with Crippen LogP contribution in [0.3, 0.4) is 0 Å². The van der Waals surface area contributed by atoms with E-state index in [9.17, 15) is 9.59 Å². The quantitative estimate of drug-likeness (QED) is 0.758. The first kappa shape index (κ1) is 15.8. The number of rotatable bonds is 6. The number of nitrogens with two attached hydrogens (primary N) is 1. The Balaban J connectivity index is 1.87. The molecule has 1 amide bonds. The number of anilines is 1. The van der Waals surface area contributed by atoms with E-state index in [1.807, 2.05) is 0 Å². The number of nitrogens with one attached hydrogen (secondary N) is 1. The Morgan fingerprint density at radius 2 is 2.24 bits per heavy atom. The Bertz CT molecular complexity index is 505. The normalized spacial score (nSPS) is 21.2. The summed E-state index contributed by atoms with van der Waals surface area (Å²) in [5.74, 6) is -0.0831. The fourth-order valence-electron chi connectivity index (χ4n) is 2.58. The largest absolute Gasteiger partial charge is 0.469 e. The molecule has 3 N–H and O–H groups in total. The summed E-state index contributed by atoms with van der Waals surface area (Å²) in [5.41, 5.74) is 5.69. The van der Waals surface area contributed by atoms with Crippen LogP contribution in [-0.4, -0.2) is 35.7 Å². The first-order valence-corrected chi connectivity index (χ1v) is 7.85. The summed E-state index contributed by atoms with van der Waals surface area (Å²) in [5, 5.41) is 11.9. The van der Waals surface area contributed by atoms with Crippen LogP contribution < -0.4 is 11.1 Å². The smallest absolute Gasteiger partial charge is 0.305 e. The minimum atomic E-state index is -0.285.